The van der Waals surface area contributed by atoms with Crippen molar-refractivity contribution in [3.8, 4) is 11.5 Å². The highest BCUT2D eigenvalue weighted by atomic mass is 79.9. The van der Waals surface area contributed by atoms with Crippen LogP contribution in [0.15, 0.2) is 34.8 Å². The van der Waals surface area contributed by atoms with Gasteiger partial charge in [0.05, 0.1) is 0 Å². The van der Waals surface area contributed by atoms with Gasteiger partial charge in [0, 0.05) is 42.8 Å². The maximum absolute atomic E-state index is 13.8. The van der Waals surface area contributed by atoms with Crippen LogP contribution in [-0.4, -0.2) is 55.1 Å². The second-order valence-electron chi connectivity index (χ2n) is 7.12. The first-order valence-electron chi connectivity index (χ1n) is 9.37. The van der Waals surface area contributed by atoms with Crippen LogP contribution in [0.5, 0.6) is 11.5 Å². The number of benzene rings is 2. The fourth-order valence-corrected chi connectivity index (χ4v) is 3.93. The number of nitrogens with zero attached hydrogens (tertiary/aromatic N) is 2. The molecule has 2 heterocycles. The summed E-state index contributed by atoms with van der Waals surface area (Å²) in [5, 5.41) is 0. The van der Waals surface area contributed by atoms with Gasteiger partial charge in [0.25, 0.3) is 5.91 Å². The molecule has 5 nitrogen and oxygen atoms in total. The number of carbonyl (C=O) groups is 1. The summed E-state index contributed by atoms with van der Waals surface area (Å²) in [7, 11) is 0. The Morgan fingerprint density at radius 3 is 2.43 bits per heavy atom. The summed E-state index contributed by atoms with van der Waals surface area (Å²) in [6.45, 7) is 6.36. The number of hydrogen-bond donors (Lipinski definition) is 0. The van der Waals surface area contributed by atoms with E-state index in [1.165, 1.54) is 6.07 Å². The molecule has 0 spiro atoms. The van der Waals surface area contributed by atoms with Crippen molar-refractivity contribution in [1.29, 1.82) is 0 Å². The third-order valence-corrected chi connectivity index (χ3v) is 5.92. The molecule has 0 N–H and O–H groups in total. The fourth-order valence-electron chi connectivity index (χ4n) is 3.49. The number of fused-ring (bicyclic) bond motifs is 1. The highest BCUT2D eigenvalue weighted by Gasteiger charge is 2.24. The second kappa shape index (κ2) is 8.09. The molecule has 1 saturated heterocycles. The summed E-state index contributed by atoms with van der Waals surface area (Å²) in [5.74, 6) is 1.09. The normalized spacial score (nSPS) is 16.9. The average Bonchev–Trinajstić information content (AvgIpc) is 2.70. The molecule has 0 radical (unpaired) electrons. The van der Waals surface area contributed by atoms with Gasteiger partial charge in [0.1, 0.15) is 19.0 Å². The zero-order valence-corrected chi connectivity index (χ0v) is 17.3. The van der Waals surface area contributed by atoms with Crippen LogP contribution in [-0.2, 0) is 6.54 Å². The number of rotatable bonds is 3. The molecule has 0 unspecified atom stereocenters. The molecule has 148 valence electrons. The van der Waals surface area contributed by atoms with Crippen molar-refractivity contribution >= 4 is 21.8 Å². The molecular weight excluding hydrogens is 427 g/mol. The van der Waals surface area contributed by atoms with Crippen LogP contribution >= 0.6 is 15.9 Å². The van der Waals surface area contributed by atoms with E-state index in [1.54, 1.807) is 24.0 Å². The molecular formula is C21H22BrFN2O3. The minimum Gasteiger partial charge on any atom is -0.486 e. The Balaban J connectivity index is 1.38. The van der Waals surface area contributed by atoms with Gasteiger partial charge in [-0.1, -0.05) is 22.0 Å². The lowest BCUT2D eigenvalue weighted by Gasteiger charge is -2.35. The van der Waals surface area contributed by atoms with E-state index in [9.17, 15) is 9.18 Å². The Hall–Kier alpha value is -2.12. The van der Waals surface area contributed by atoms with Crippen molar-refractivity contribution < 1.29 is 18.7 Å². The predicted octanol–water partition coefficient (Wildman–Crippen LogP) is 3.63. The smallest absolute Gasteiger partial charge is 0.254 e. The Morgan fingerprint density at radius 1 is 1.07 bits per heavy atom. The first-order chi connectivity index (χ1) is 13.5. The first-order valence-corrected chi connectivity index (χ1v) is 10.2. The fraction of sp³-hybridized carbons (Fsp3) is 0.381. The number of aryl methyl sites for hydroxylation is 1. The zero-order valence-electron chi connectivity index (χ0n) is 15.7. The molecule has 0 aliphatic carbocycles. The van der Waals surface area contributed by atoms with Gasteiger partial charge in [-0.05, 0) is 42.3 Å². The van der Waals surface area contributed by atoms with Gasteiger partial charge in [0.15, 0.2) is 11.5 Å². The summed E-state index contributed by atoms with van der Waals surface area (Å²) in [5.41, 5.74) is 2.09. The molecule has 0 atom stereocenters. The van der Waals surface area contributed by atoms with E-state index in [0.29, 0.717) is 37.4 Å². The van der Waals surface area contributed by atoms with E-state index in [1.807, 2.05) is 12.1 Å². The third kappa shape index (κ3) is 4.00. The van der Waals surface area contributed by atoms with Crippen molar-refractivity contribution in [1.82, 2.24) is 9.80 Å². The van der Waals surface area contributed by atoms with E-state index in [-0.39, 0.29) is 11.7 Å². The van der Waals surface area contributed by atoms with Gasteiger partial charge in [0.2, 0.25) is 0 Å². The predicted molar refractivity (Wildman–Crippen MR) is 107 cm³/mol. The third-order valence-electron chi connectivity index (χ3n) is 5.18. The molecule has 28 heavy (non-hydrogen) atoms. The average molecular weight is 449 g/mol. The number of halogens is 2. The first kappa shape index (κ1) is 19.2. The number of carbonyl (C=O) groups excluding carboxylic acids is 1. The Bertz CT molecular complexity index is 897. The van der Waals surface area contributed by atoms with E-state index in [0.717, 1.165) is 41.2 Å². The van der Waals surface area contributed by atoms with E-state index >= 15 is 0 Å². The van der Waals surface area contributed by atoms with Crippen molar-refractivity contribution in [2.45, 2.75) is 13.5 Å². The van der Waals surface area contributed by atoms with E-state index in [4.69, 9.17) is 9.47 Å². The van der Waals surface area contributed by atoms with Crippen molar-refractivity contribution in [3.05, 3.63) is 57.3 Å². The lowest BCUT2D eigenvalue weighted by Crippen LogP contribution is -2.48. The van der Waals surface area contributed by atoms with Crippen molar-refractivity contribution in [2.24, 2.45) is 0 Å². The van der Waals surface area contributed by atoms with Crippen LogP contribution in [0.4, 0.5) is 4.39 Å². The van der Waals surface area contributed by atoms with Gasteiger partial charge in [-0.3, -0.25) is 9.69 Å². The van der Waals surface area contributed by atoms with Gasteiger partial charge < -0.3 is 14.4 Å². The summed E-state index contributed by atoms with van der Waals surface area (Å²) in [4.78, 5) is 16.7. The number of amides is 1. The maximum atomic E-state index is 13.8. The van der Waals surface area contributed by atoms with Crippen LogP contribution in [0.3, 0.4) is 0 Å². The molecule has 7 heteroatoms. The quantitative estimate of drug-likeness (QED) is 0.718. The van der Waals surface area contributed by atoms with Crippen molar-refractivity contribution in [3.63, 3.8) is 0 Å². The van der Waals surface area contributed by atoms with Gasteiger partial charge in [-0.15, -0.1) is 0 Å². The van der Waals surface area contributed by atoms with Gasteiger partial charge in [-0.2, -0.15) is 0 Å². The Kier molecular flexibility index (Phi) is 5.55. The topological polar surface area (TPSA) is 42.0 Å². The van der Waals surface area contributed by atoms with Gasteiger partial charge >= 0.3 is 0 Å². The second-order valence-corrected chi connectivity index (χ2v) is 7.97. The zero-order chi connectivity index (χ0) is 19.7. The van der Waals surface area contributed by atoms with E-state index in [2.05, 4.69) is 20.8 Å². The molecule has 0 bridgehead atoms. The molecule has 2 aliphatic heterocycles. The number of hydrogen-bond acceptors (Lipinski definition) is 4. The molecule has 4 rings (SSSR count). The molecule has 0 saturated carbocycles. The minimum absolute atomic E-state index is 0.112. The van der Waals surface area contributed by atoms with Gasteiger partial charge in [-0.25, -0.2) is 4.39 Å². The lowest BCUT2D eigenvalue weighted by molar-refractivity contribution is 0.0627. The van der Waals surface area contributed by atoms with Crippen LogP contribution in [0.2, 0.25) is 0 Å². The molecule has 2 aromatic rings. The Labute approximate surface area is 172 Å². The lowest BCUT2D eigenvalue weighted by atomic mass is 10.1. The van der Waals surface area contributed by atoms with Crippen LogP contribution in [0.25, 0.3) is 0 Å². The summed E-state index contributed by atoms with van der Waals surface area (Å²) in [6.07, 6.45) is 0. The summed E-state index contributed by atoms with van der Waals surface area (Å²) in [6, 6.07) is 8.65. The number of ether oxygens (including phenoxy) is 2. The summed E-state index contributed by atoms with van der Waals surface area (Å²) < 4.78 is 26.0. The van der Waals surface area contributed by atoms with Crippen molar-refractivity contribution in [2.75, 3.05) is 39.4 Å². The number of piperazine rings is 1. The Morgan fingerprint density at radius 2 is 1.75 bits per heavy atom. The van der Waals surface area contributed by atoms with Crippen LogP contribution in [0, 0.1) is 12.7 Å². The standard InChI is InChI=1S/C21H22BrFN2O3/c1-14-2-3-15(10-18(14)23)21(26)25-6-4-24(5-7-25)13-16-11-19-20(12-17(16)22)28-9-8-27-19/h2-3,10-12H,4-9,13H2,1H3. The maximum Gasteiger partial charge on any atom is 0.254 e. The molecule has 2 aromatic carbocycles. The molecule has 0 aromatic heterocycles. The highest BCUT2D eigenvalue weighted by Crippen LogP contribution is 2.36. The SMILES string of the molecule is Cc1ccc(C(=O)N2CCN(Cc3cc4c(cc3Br)OCCO4)CC2)cc1F. The monoisotopic (exact) mass is 448 g/mol. The minimum atomic E-state index is -0.340. The molecule has 2 aliphatic rings. The van der Waals surface area contributed by atoms with Crippen LogP contribution < -0.4 is 9.47 Å². The van der Waals surface area contributed by atoms with Crippen LogP contribution in [0.1, 0.15) is 21.5 Å². The molecule has 1 amide bonds. The largest absolute Gasteiger partial charge is 0.486 e. The summed E-state index contributed by atoms with van der Waals surface area (Å²) >= 11 is 3.62. The van der Waals surface area contributed by atoms with E-state index < -0.39 is 0 Å². The highest BCUT2D eigenvalue weighted by molar-refractivity contribution is 9.10. The molecule has 1 fully saturated rings.